The molecule has 2 aromatic heterocycles. The van der Waals surface area contributed by atoms with E-state index >= 15 is 0 Å². The lowest BCUT2D eigenvalue weighted by Crippen LogP contribution is -2.14. The number of aromatic amines is 1. The third-order valence-corrected chi connectivity index (χ3v) is 3.45. The Hall–Kier alpha value is -2.13. The minimum atomic E-state index is 0.844. The first-order valence-electron chi connectivity index (χ1n) is 6.50. The maximum Gasteiger partial charge on any atom is 0.0499 e. The number of fused-ring (bicyclic) bond motifs is 1. The second-order valence-corrected chi connectivity index (χ2v) is 4.76. The Morgan fingerprint density at radius 2 is 2.00 bits per heavy atom. The molecule has 3 heteroatoms. The lowest BCUT2D eigenvalue weighted by atomic mass is 10.1. The van der Waals surface area contributed by atoms with Gasteiger partial charge >= 0.3 is 0 Å². The van der Waals surface area contributed by atoms with E-state index in [-0.39, 0.29) is 0 Å². The molecule has 0 unspecified atom stereocenters. The number of H-pyrrole nitrogens is 1. The molecule has 3 aromatic rings. The third-order valence-electron chi connectivity index (χ3n) is 3.45. The average Bonchev–Trinajstić information content (AvgIpc) is 2.90. The molecule has 0 spiro atoms. The molecule has 3 nitrogen and oxygen atoms in total. The molecule has 0 radical (unpaired) electrons. The van der Waals surface area contributed by atoms with Crippen LogP contribution in [0.25, 0.3) is 10.9 Å². The van der Waals surface area contributed by atoms with Crippen molar-refractivity contribution in [2.24, 2.45) is 0 Å². The second kappa shape index (κ2) is 5.24. The van der Waals surface area contributed by atoms with Crippen molar-refractivity contribution in [1.82, 2.24) is 15.3 Å². The van der Waals surface area contributed by atoms with Crippen LogP contribution in [-0.4, -0.2) is 9.97 Å². The van der Waals surface area contributed by atoms with E-state index < -0.39 is 0 Å². The average molecular weight is 251 g/mol. The summed E-state index contributed by atoms with van der Waals surface area (Å²) in [5.41, 5.74) is 5.05. The van der Waals surface area contributed by atoms with Gasteiger partial charge in [-0.15, -0.1) is 0 Å². The normalized spacial score (nSPS) is 11.0. The highest BCUT2D eigenvalue weighted by atomic mass is 14.9. The molecule has 19 heavy (non-hydrogen) atoms. The highest BCUT2D eigenvalue weighted by Crippen LogP contribution is 2.16. The Kier molecular flexibility index (Phi) is 3.29. The van der Waals surface area contributed by atoms with Crippen LogP contribution in [0.2, 0.25) is 0 Å². The highest BCUT2D eigenvalue weighted by molar-refractivity contribution is 5.82. The Bertz CT molecular complexity index is 685. The van der Waals surface area contributed by atoms with Gasteiger partial charge in [-0.2, -0.15) is 0 Å². The zero-order valence-corrected chi connectivity index (χ0v) is 11.0. The van der Waals surface area contributed by atoms with Gasteiger partial charge in [-0.1, -0.05) is 18.2 Å². The molecule has 0 amide bonds. The molecule has 2 N–H and O–H groups in total. The van der Waals surface area contributed by atoms with Crippen molar-refractivity contribution < 1.29 is 0 Å². The smallest absolute Gasteiger partial charge is 0.0499 e. The van der Waals surface area contributed by atoms with Gasteiger partial charge in [-0.05, 0) is 41.1 Å². The van der Waals surface area contributed by atoms with Gasteiger partial charge < -0.3 is 10.3 Å². The zero-order valence-electron chi connectivity index (χ0n) is 11.0. The van der Waals surface area contributed by atoms with E-state index in [4.69, 9.17) is 0 Å². The monoisotopic (exact) mass is 251 g/mol. The number of aromatic nitrogens is 2. The van der Waals surface area contributed by atoms with E-state index in [0.29, 0.717) is 0 Å². The maximum absolute atomic E-state index is 4.17. The molecule has 96 valence electrons. The Labute approximate surface area is 112 Å². The molecule has 0 aliphatic carbocycles. The van der Waals surface area contributed by atoms with Crippen molar-refractivity contribution >= 4 is 10.9 Å². The molecule has 0 bridgehead atoms. The maximum atomic E-state index is 4.17. The first-order chi connectivity index (χ1) is 9.34. The summed E-state index contributed by atoms with van der Waals surface area (Å²) in [5.74, 6) is 0. The predicted molar refractivity (Wildman–Crippen MR) is 77.8 cm³/mol. The van der Waals surface area contributed by atoms with Crippen LogP contribution in [0.4, 0.5) is 0 Å². The van der Waals surface area contributed by atoms with Crippen LogP contribution >= 0.6 is 0 Å². The van der Waals surface area contributed by atoms with Gasteiger partial charge in [0.2, 0.25) is 0 Å². The summed E-state index contributed by atoms with van der Waals surface area (Å²) in [5, 5.41) is 4.74. The lowest BCUT2D eigenvalue weighted by molar-refractivity contribution is 0.691. The quantitative estimate of drug-likeness (QED) is 0.747. The fourth-order valence-electron chi connectivity index (χ4n) is 2.31. The summed E-state index contributed by atoms with van der Waals surface area (Å²) in [6.07, 6.45) is 5.75. The van der Waals surface area contributed by atoms with Gasteiger partial charge in [0.1, 0.15) is 0 Å². The summed E-state index contributed by atoms with van der Waals surface area (Å²) in [6, 6.07) is 10.5. The van der Waals surface area contributed by atoms with E-state index in [1.807, 2.05) is 24.7 Å². The number of hydrogen-bond acceptors (Lipinski definition) is 2. The van der Waals surface area contributed by atoms with Crippen LogP contribution in [0.3, 0.4) is 0 Å². The topological polar surface area (TPSA) is 40.7 Å². The Morgan fingerprint density at radius 1 is 1.11 bits per heavy atom. The summed E-state index contributed by atoms with van der Waals surface area (Å²) >= 11 is 0. The number of para-hydroxylation sites is 1. The highest BCUT2D eigenvalue weighted by Gasteiger charge is 2.02. The molecular weight excluding hydrogens is 234 g/mol. The van der Waals surface area contributed by atoms with E-state index in [2.05, 4.69) is 46.5 Å². The van der Waals surface area contributed by atoms with Crippen LogP contribution in [0.15, 0.2) is 48.9 Å². The van der Waals surface area contributed by atoms with Gasteiger partial charge in [0.25, 0.3) is 0 Å². The van der Waals surface area contributed by atoms with Crippen molar-refractivity contribution in [2.75, 3.05) is 0 Å². The number of nitrogens with one attached hydrogen (secondary N) is 2. The Balaban J connectivity index is 1.70. The Morgan fingerprint density at radius 3 is 2.89 bits per heavy atom. The minimum absolute atomic E-state index is 0.844. The van der Waals surface area contributed by atoms with E-state index in [1.165, 1.54) is 27.6 Å². The third kappa shape index (κ3) is 2.51. The minimum Gasteiger partial charge on any atom is -0.361 e. The van der Waals surface area contributed by atoms with E-state index in [1.54, 1.807) is 0 Å². The van der Waals surface area contributed by atoms with E-state index in [0.717, 1.165) is 13.1 Å². The molecule has 0 aliphatic rings. The number of hydrogen-bond donors (Lipinski definition) is 2. The SMILES string of the molecule is Cc1ccncc1CNCc1cccc2cc[nH]c12. The number of rotatable bonds is 4. The summed E-state index contributed by atoms with van der Waals surface area (Å²) in [7, 11) is 0. The van der Waals surface area contributed by atoms with Crippen LogP contribution in [0.5, 0.6) is 0 Å². The summed E-state index contributed by atoms with van der Waals surface area (Å²) < 4.78 is 0. The van der Waals surface area contributed by atoms with Crippen molar-refractivity contribution in [3.63, 3.8) is 0 Å². The van der Waals surface area contributed by atoms with Crippen molar-refractivity contribution in [2.45, 2.75) is 20.0 Å². The van der Waals surface area contributed by atoms with Crippen LogP contribution in [0.1, 0.15) is 16.7 Å². The second-order valence-electron chi connectivity index (χ2n) is 4.76. The molecule has 0 saturated carbocycles. The first kappa shape index (κ1) is 11.9. The van der Waals surface area contributed by atoms with Gasteiger partial charge in [-0.25, -0.2) is 0 Å². The largest absolute Gasteiger partial charge is 0.361 e. The fraction of sp³-hybridized carbons (Fsp3) is 0.188. The molecule has 0 aliphatic heterocycles. The number of benzene rings is 1. The van der Waals surface area contributed by atoms with Crippen LogP contribution < -0.4 is 5.32 Å². The fourth-order valence-corrected chi connectivity index (χ4v) is 2.31. The number of nitrogens with zero attached hydrogens (tertiary/aromatic N) is 1. The van der Waals surface area contributed by atoms with Gasteiger partial charge in [0.15, 0.2) is 0 Å². The molecule has 0 fully saturated rings. The number of aryl methyl sites for hydroxylation is 1. The van der Waals surface area contributed by atoms with Crippen LogP contribution in [-0.2, 0) is 13.1 Å². The lowest BCUT2D eigenvalue weighted by Gasteiger charge is -2.08. The summed E-state index contributed by atoms with van der Waals surface area (Å²) in [6.45, 7) is 3.81. The van der Waals surface area contributed by atoms with Gasteiger partial charge in [-0.3, -0.25) is 4.98 Å². The van der Waals surface area contributed by atoms with Gasteiger partial charge in [0.05, 0.1) is 0 Å². The molecule has 1 aromatic carbocycles. The molecule has 3 rings (SSSR count). The van der Waals surface area contributed by atoms with E-state index in [9.17, 15) is 0 Å². The zero-order chi connectivity index (χ0) is 13.1. The van der Waals surface area contributed by atoms with Crippen LogP contribution in [0, 0.1) is 6.92 Å². The first-order valence-corrected chi connectivity index (χ1v) is 6.50. The van der Waals surface area contributed by atoms with Crippen molar-refractivity contribution in [3.8, 4) is 0 Å². The van der Waals surface area contributed by atoms with Crippen molar-refractivity contribution in [1.29, 1.82) is 0 Å². The summed E-state index contributed by atoms with van der Waals surface area (Å²) in [4.78, 5) is 7.46. The molecule has 0 atom stereocenters. The molecule has 0 saturated heterocycles. The standard InChI is InChI=1S/C16H17N3/c1-12-5-7-17-10-15(12)11-18-9-14-4-2-3-13-6-8-19-16(13)14/h2-8,10,18-19H,9,11H2,1H3. The molecular formula is C16H17N3. The predicted octanol–water partition coefficient (Wildman–Crippen LogP) is 3.16. The molecule has 2 heterocycles. The number of pyridine rings is 1. The van der Waals surface area contributed by atoms with Crippen molar-refractivity contribution in [3.05, 3.63) is 65.6 Å². The van der Waals surface area contributed by atoms with Gasteiger partial charge in [0, 0.05) is 37.2 Å².